The van der Waals surface area contributed by atoms with Gasteiger partial charge in [0.05, 0.1) is 0 Å². The molecule has 4 nitrogen and oxygen atoms in total. The zero-order chi connectivity index (χ0) is 2.71. The van der Waals surface area contributed by atoms with Crippen LogP contribution in [0.1, 0.15) is 0 Å². The van der Waals surface area contributed by atoms with Gasteiger partial charge in [0, 0.05) is 6.47 Å². The molecule has 6 heavy (non-hydrogen) atoms. The summed E-state index contributed by atoms with van der Waals surface area (Å²) in [6.45, 7) is -0.500. The number of rotatable bonds is 0. The first-order valence-corrected chi connectivity index (χ1v) is 0.471. The summed E-state index contributed by atoms with van der Waals surface area (Å²) < 4.78 is 0. The molecule has 0 aliphatic carbocycles. The predicted molar refractivity (Wildman–Crippen MR) is 13.3 cm³/mol. The predicted octanol–water partition coefficient (Wildman–Crippen LogP) is -3.29. The molecule has 0 fully saturated rings. The van der Waals surface area contributed by atoms with Gasteiger partial charge in [-0.2, -0.15) is 0 Å². The molecule has 0 aromatic heterocycles. The molecule has 0 aromatic rings. The van der Waals surface area contributed by atoms with E-state index in [1.807, 2.05) is 0 Å². The number of hydrogen-bond donors (Lipinski definition) is 0. The molecule has 1 radical (unpaired) electrons. The van der Waals surface area contributed by atoms with E-state index in [1.54, 1.807) is 0 Å². The molecule has 0 rings (SSSR count). The van der Waals surface area contributed by atoms with E-state index in [0.29, 0.717) is 0 Å². The number of carboxylic acid groups (broad SMARTS) is 1. The first-order chi connectivity index (χ1) is 1.41. The maximum atomic E-state index is 8.25. The van der Waals surface area contributed by atoms with E-state index in [2.05, 4.69) is 0 Å². The average Bonchev–Trinajstić information content (AvgIpc) is 0.918. The van der Waals surface area contributed by atoms with E-state index in [-0.39, 0.29) is 28.0 Å². The summed E-state index contributed by atoms with van der Waals surface area (Å²) in [5.41, 5.74) is 0. The monoisotopic (exact) mass is 144 g/mol. The topological polar surface area (TPSA) is 103 Å². The van der Waals surface area contributed by atoms with Crippen LogP contribution in [-0.4, -0.2) is 17.4 Å². The summed E-state index contributed by atoms with van der Waals surface area (Å²) in [5, 5.41) is 8.25. The van der Waals surface area contributed by atoms with E-state index in [1.165, 1.54) is 0 Å². The van der Waals surface area contributed by atoms with Crippen molar-refractivity contribution in [1.82, 2.24) is 0 Å². The third-order valence-corrected chi connectivity index (χ3v) is 0. The quantitative estimate of drug-likeness (QED) is 0.263. The van der Waals surface area contributed by atoms with Gasteiger partial charge in [0.2, 0.25) is 0 Å². The minimum absolute atomic E-state index is 0. The van der Waals surface area contributed by atoms with Crippen molar-refractivity contribution in [1.29, 1.82) is 0 Å². The molecule has 0 unspecified atom stereocenters. The summed E-state index contributed by atoms with van der Waals surface area (Å²) in [7, 11) is 0. The van der Waals surface area contributed by atoms with Crippen LogP contribution in [-0.2, 0) is 21.9 Å². The van der Waals surface area contributed by atoms with Gasteiger partial charge in [-0.05, 0) is 0 Å². The van der Waals surface area contributed by atoms with Crippen molar-refractivity contribution in [3.8, 4) is 0 Å². The molecule has 4 N–H and O–H groups in total. The molecule has 0 aliphatic rings. The molecular formula is CH5CuO4+. The molecule has 0 atom stereocenters. The summed E-state index contributed by atoms with van der Waals surface area (Å²) in [4.78, 5) is 8.25. The Balaban J connectivity index is -0.00000000667. The number of hydrogen-bond acceptors (Lipinski definition) is 2. The van der Waals surface area contributed by atoms with Crippen LogP contribution in [0.2, 0.25) is 0 Å². The molecule has 0 spiro atoms. The van der Waals surface area contributed by atoms with E-state index in [4.69, 9.17) is 9.90 Å². The fourth-order valence-electron chi connectivity index (χ4n) is 0. The van der Waals surface area contributed by atoms with Crippen molar-refractivity contribution in [2.75, 3.05) is 0 Å². The second-order valence-electron chi connectivity index (χ2n) is 0.0962. The fourth-order valence-corrected chi connectivity index (χ4v) is 0. The second kappa shape index (κ2) is 90.7. The van der Waals surface area contributed by atoms with Crippen LogP contribution in [0.5, 0.6) is 0 Å². The van der Waals surface area contributed by atoms with Gasteiger partial charge >= 0.3 is 17.1 Å². The summed E-state index contributed by atoms with van der Waals surface area (Å²) in [5.74, 6) is 0. The Labute approximate surface area is 45.3 Å². The molecule has 0 saturated carbocycles. The second-order valence-corrected chi connectivity index (χ2v) is 0.0962. The molecular weight excluding hydrogens is 140 g/mol. The Morgan fingerprint density at radius 2 is 1.33 bits per heavy atom. The first-order valence-electron chi connectivity index (χ1n) is 0.471. The Morgan fingerprint density at radius 3 is 1.33 bits per heavy atom. The van der Waals surface area contributed by atoms with E-state index in [0.717, 1.165) is 0 Å². The average molecular weight is 145 g/mol. The molecule has 43 valence electrons. The zero-order valence-electron chi connectivity index (χ0n) is 2.70. The van der Waals surface area contributed by atoms with E-state index >= 15 is 0 Å². The van der Waals surface area contributed by atoms with E-state index < -0.39 is 6.47 Å². The van der Waals surface area contributed by atoms with Crippen molar-refractivity contribution in [2.45, 2.75) is 0 Å². The largest absolute Gasteiger partial charge is 2.00 e. The van der Waals surface area contributed by atoms with Gasteiger partial charge in [0.15, 0.2) is 0 Å². The number of carbonyl (C=O) groups is 1. The van der Waals surface area contributed by atoms with Crippen molar-refractivity contribution >= 4 is 6.47 Å². The van der Waals surface area contributed by atoms with Crippen molar-refractivity contribution < 1.29 is 37.9 Å². The van der Waals surface area contributed by atoms with Gasteiger partial charge in [-0.3, -0.25) is 0 Å². The molecule has 0 aliphatic heterocycles. The van der Waals surface area contributed by atoms with Gasteiger partial charge in [0.25, 0.3) is 0 Å². The summed E-state index contributed by atoms with van der Waals surface area (Å²) >= 11 is 0. The third kappa shape index (κ3) is 4040. The van der Waals surface area contributed by atoms with Crippen LogP contribution >= 0.6 is 0 Å². The molecule has 0 bridgehead atoms. The Kier molecular flexibility index (Phi) is 591. The maximum Gasteiger partial charge on any atom is 2.00 e. The first kappa shape index (κ1) is 39.1. The van der Waals surface area contributed by atoms with Crippen LogP contribution in [0.25, 0.3) is 0 Å². The molecule has 0 amide bonds. The van der Waals surface area contributed by atoms with Gasteiger partial charge in [-0.15, -0.1) is 0 Å². The van der Waals surface area contributed by atoms with Crippen LogP contribution in [0.3, 0.4) is 0 Å². The third-order valence-electron chi connectivity index (χ3n) is 0. The fraction of sp³-hybridized carbons (Fsp3) is 0. The Bertz CT molecular complexity index is 15.0. The van der Waals surface area contributed by atoms with Crippen LogP contribution in [0.15, 0.2) is 0 Å². The van der Waals surface area contributed by atoms with Gasteiger partial charge in [-0.1, -0.05) is 0 Å². The van der Waals surface area contributed by atoms with Crippen LogP contribution in [0.4, 0.5) is 0 Å². The molecule has 0 aromatic carbocycles. The number of carbonyl (C=O) groups excluding carboxylic acids is 1. The summed E-state index contributed by atoms with van der Waals surface area (Å²) in [6.07, 6.45) is 0. The van der Waals surface area contributed by atoms with Gasteiger partial charge in [-0.25, -0.2) is 0 Å². The molecule has 5 heteroatoms. The minimum Gasteiger partial charge on any atom is -0.554 e. The van der Waals surface area contributed by atoms with Crippen LogP contribution < -0.4 is 5.11 Å². The van der Waals surface area contributed by atoms with Crippen molar-refractivity contribution in [2.24, 2.45) is 0 Å². The van der Waals surface area contributed by atoms with E-state index in [9.17, 15) is 0 Å². The summed E-state index contributed by atoms with van der Waals surface area (Å²) in [6, 6.07) is 0. The molecule has 0 saturated heterocycles. The zero-order valence-corrected chi connectivity index (χ0v) is 3.64. The maximum absolute atomic E-state index is 8.25. The van der Waals surface area contributed by atoms with Crippen molar-refractivity contribution in [3.63, 3.8) is 0 Å². The Morgan fingerprint density at radius 1 is 1.33 bits per heavy atom. The normalized spacial score (nSPS) is 2.00. The molecule has 0 heterocycles. The smallest absolute Gasteiger partial charge is 0.554 e. The van der Waals surface area contributed by atoms with Crippen LogP contribution in [0, 0.1) is 0 Å². The Hall–Kier alpha value is -0.0905. The minimum atomic E-state index is -0.500. The standard InChI is InChI=1S/CH2O2.Cu.2H2O/c2-1-3;;;/h1H,(H,2,3);;2*1H2/q;+2;;/p-1. The SMILES string of the molecule is O.O.O=C[O-].[Cu+2]. The van der Waals surface area contributed by atoms with Crippen molar-refractivity contribution in [3.05, 3.63) is 0 Å². The van der Waals surface area contributed by atoms with Gasteiger partial charge < -0.3 is 20.9 Å². The van der Waals surface area contributed by atoms with Gasteiger partial charge in [0.1, 0.15) is 0 Å².